The fourth-order valence-corrected chi connectivity index (χ4v) is 1.76. The fourth-order valence-electron chi connectivity index (χ4n) is 1.76. The van der Waals surface area contributed by atoms with Crippen LogP contribution in [0.4, 0.5) is 11.4 Å². The summed E-state index contributed by atoms with van der Waals surface area (Å²) >= 11 is 0. The van der Waals surface area contributed by atoms with Crippen molar-refractivity contribution < 1.29 is 19.9 Å². The van der Waals surface area contributed by atoms with Crippen LogP contribution in [-0.2, 0) is 0 Å². The molecule has 20 heavy (non-hydrogen) atoms. The van der Waals surface area contributed by atoms with E-state index in [1.54, 1.807) is 12.1 Å². The molecule has 0 aromatic heterocycles. The third-order valence-corrected chi connectivity index (χ3v) is 2.75. The highest BCUT2D eigenvalue weighted by Crippen LogP contribution is 2.23. The number of nitrogen functional groups attached to an aromatic ring is 1. The summed E-state index contributed by atoms with van der Waals surface area (Å²) in [5.74, 6) is -2.11. The summed E-state index contributed by atoms with van der Waals surface area (Å²) in [6.45, 7) is 0. The van der Waals surface area contributed by atoms with Crippen LogP contribution in [-0.4, -0.2) is 22.2 Å². The number of benzene rings is 2. The molecular formula is C14H12N2O4. The summed E-state index contributed by atoms with van der Waals surface area (Å²) in [5, 5.41) is 19.3. The second-order valence-corrected chi connectivity index (χ2v) is 4.03. The number of nitrogens with two attached hydrogens (primary N) is 1. The summed E-state index contributed by atoms with van der Waals surface area (Å²) in [4.78, 5) is 23.3. The Hall–Kier alpha value is -2.86. The van der Waals surface area contributed by atoms with E-state index in [2.05, 4.69) is 0 Å². The Morgan fingerprint density at radius 2 is 1.50 bits per heavy atom. The maximum Gasteiger partial charge on any atom is 0.336 e. The highest BCUT2D eigenvalue weighted by atomic mass is 16.5. The van der Waals surface area contributed by atoms with Crippen molar-refractivity contribution in [1.29, 1.82) is 0 Å². The van der Waals surface area contributed by atoms with E-state index in [4.69, 9.17) is 10.8 Å². The van der Waals surface area contributed by atoms with Crippen molar-refractivity contribution in [2.24, 2.45) is 0 Å². The van der Waals surface area contributed by atoms with E-state index >= 15 is 0 Å². The number of amides is 1. The highest BCUT2D eigenvalue weighted by molar-refractivity contribution is 6.11. The highest BCUT2D eigenvalue weighted by Gasteiger charge is 2.22. The van der Waals surface area contributed by atoms with Gasteiger partial charge in [-0.2, -0.15) is 5.06 Å². The molecule has 0 unspecified atom stereocenters. The zero-order chi connectivity index (χ0) is 14.7. The second-order valence-electron chi connectivity index (χ2n) is 4.03. The first-order valence-corrected chi connectivity index (χ1v) is 5.72. The summed E-state index contributed by atoms with van der Waals surface area (Å²) in [7, 11) is 0. The second kappa shape index (κ2) is 5.41. The van der Waals surface area contributed by atoms with E-state index in [1.165, 1.54) is 36.4 Å². The van der Waals surface area contributed by atoms with Gasteiger partial charge in [0.05, 0.1) is 22.5 Å². The molecule has 2 rings (SSSR count). The van der Waals surface area contributed by atoms with Crippen molar-refractivity contribution in [2.45, 2.75) is 0 Å². The minimum Gasteiger partial charge on any atom is -0.478 e. The molecule has 0 aliphatic carbocycles. The molecule has 2 aromatic rings. The van der Waals surface area contributed by atoms with Crippen LogP contribution in [0.5, 0.6) is 0 Å². The number of carboxylic acid groups (broad SMARTS) is 1. The minimum absolute atomic E-state index is 0.0951. The van der Waals surface area contributed by atoms with Crippen LogP contribution >= 0.6 is 0 Å². The van der Waals surface area contributed by atoms with Crippen LogP contribution < -0.4 is 10.8 Å². The number of aromatic carboxylic acids is 1. The van der Waals surface area contributed by atoms with E-state index in [0.717, 1.165) is 0 Å². The maximum absolute atomic E-state index is 12.2. The number of hydrogen-bond donors (Lipinski definition) is 3. The van der Waals surface area contributed by atoms with Crippen molar-refractivity contribution in [3.8, 4) is 0 Å². The van der Waals surface area contributed by atoms with Gasteiger partial charge in [-0.05, 0) is 24.3 Å². The number of carbonyl (C=O) groups excluding carboxylic acids is 1. The molecule has 0 saturated carbocycles. The minimum atomic E-state index is -1.25. The summed E-state index contributed by atoms with van der Waals surface area (Å²) in [5.41, 5.74) is 5.66. The normalized spacial score (nSPS) is 10.1. The van der Waals surface area contributed by atoms with Gasteiger partial charge in [0, 0.05) is 0 Å². The summed E-state index contributed by atoms with van der Waals surface area (Å²) in [6.07, 6.45) is 0. The van der Waals surface area contributed by atoms with Gasteiger partial charge in [0.25, 0.3) is 5.91 Å². The monoisotopic (exact) mass is 272 g/mol. The number of para-hydroxylation sites is 2. The van der Waals surface area contributed by atoms with Gasteiger partial charge < -0.3 is 10.8 Å². The molecule has 0 saturated heterocycles. The Bertz CT molecular complexity index is 670. The van der Waals surface area contributed by atoms with Crippen LogP contribution in [0.3, 0.4) is 0 Å². The number of carbonyl (C=O) groups is 2. The molecule has 0 spiro atoms. The molecule has 102 valence electrons. The number of rotatable bonds is 3. The van der Waals surface area contributed by atoms with Crippen LogP contribution in [0.25, 0.3) is 0 Å². The van der Waals surface area contributed by atoms with Gasteiger partial charge in [-0.1, -0.05) is 24.3 Å². The molecule has 6 nitrogen and oxygen atoms in total. The lowest BCUT2D eigenvalue weighted by atomic mass is 10.1. The van der Waals surface area contributed by atoms with Crippen LogP contribution in [0, 0.1) is 0 Å². The molecule has 0 heterocycles. The van der Waals surface area contributed by atoms with Crippen molar-refractivity contribution in [3.05, 3.63) is 59.7 Å². The van der Waals surface area contributed by atoms with E-state index in [9.17, 15) is 14.8 Å². The maximum atomic E-state index is 12.2. The zero-order valence-corrected chi connectivity index (χ0v) is 10.4. The molecule has 6 heteroatoms. The molecule has 0 radical (unpaired) electrons. The molecule has 0 aliphatic heterocycles. The first-order chi connectivity index (χ1) is 9.52. The van der Waals surface area contributed by atoms with Crippen LogP contribution in [0.1, 0.15) is 20.7 Å². The molecule has 0 atom stereocenters. The predicted octanol–water partition coefficient (Wildman–Crippen LogP) is 2.00. The predicted molar refractivity (Wildman–Crippen MR) is 72.9 cm³/mol. The van der Waals surface area contributed by atoms with Gasteiger partial charge in [-0.15, -0.1) is 0 Å². The number of hydroxylamine groups is 1. The van der Waals surface area contributed by atoms with Gasteiger partial charge in [0.2, 0.25) is 0 Å². The smallest absolute Gasteiger partial charge is 0.336 e. The lowest BCUT2D eigenvalue weighted by Gasteiger charge is -2.17. The van der Waals surface area contributed by atoms with Gasteiger partial charge in [-0.25, -0.2) is 4.79 Å². The van der Waals surface area contributed by atoms with Gasteiger partial charge in [0.15, 0.2) is 0 Å². The largest absolute Gasteiger partial charge is 0.478 e. The van der Waals surface area contributed by atoms with Crippen molar-refractivity contribution in [3.63, 3.8) is 0 Å². The molecule has 0 fully saturated rings. The van der Waals surface area contributed by atoms with Crippen LogP contribution in [0.15, 0.2) is 48.5 Å². The molecule has 4 N–H and O–H groups in total. The third kappa shape index (κ3) is 2.45. The Morgan fingerprint density at radius 1 is 0.950 bits per heavy atom. The van der Waals surface area contributed by atoms with Gasteiger partial charge in [0.1, 0.15) is 0 Å². The molecule has 0 bridgehead atoms. The first-order valence-electron chi connectivity index (χ1n) is 5.72. The SMILES string of the molecule is Nc1ccccc1N(O)C(=O)c1ccccc1C(=O)O. The lowest BCUT2D eigenvalue weighted by molar-refractivity contribution is 0.0688. The average Bonchev–Trinajstić information content (AvgIpc) is 2.46. The van der Waals surface area contributed by atoms with E-state index in [-0.39, 0.29) is 22.5 Å². The Labute approximate surface area is 114 Å². The number of nitrogens with zero attached hydrogens (tertiary/aromatic N) is 1. The number of hydrogen-bond acceptors (Lipinski definition) is 4. The quantitative estimate of drug-likeness (QED) is 0.450. The van der Waals surface area contributed by atoms with Crippen molar-refractivity contribution >= 4 is 23.3 Å². The number of carboxylic acids is 1. The Balaban J connectivity index is 2.42. The lowest BCUT2D eigenvalue weighted by Crippen LogP contribution is -2.29. The molecule has 2 aromatic carbocycles. The zero-order valence-electron chi connectivity index (χ0n) is 10.4. The summed E-state index contributed by atoms with van der Waals surface area (Å²) in [6, 6.07) is 11.9. The summed E-state index contributed by atoms with van der Waals surface area (Å²) < 4.78 is 0. The fraction of sp³-hybridized carbons (Fsp3) is 0. The van der Waals surface area contributed by atoms with Crippen molar-refractivity contribution in [2.75, 3.05) is 10.8 Å². The topological polar surface area (TPSA) is 104 Å². The Morgan fingerprint density at radius 3 is 2.10 bits per heavy atom. The molecule has 0 aliphatic rings. The van der Waals surface area contributed by atoms with Gasteiger partial charge >= 0.3 is 5.97 Å². The standard InChI is InChI=1S/C14H12N2O4/c15-11-7-3-4-8-12(11)16(20)13(17)9-5-1-2-6-10(9)14(18)19/h1-8,20H,15H2,(H,18,19). The van der Waals surface area contributed by atoms with Crippen molar-refractivity contribution in [1.82, 2.24) is 0 Å². The number of anilines is 2. The van der Waals surface area contributed by atoms with E-state index in [1.807, 2.05) is 0 Å². The molecular weight excluding hydrogens is 260 g/mol. The third-order valence-electron chi connectivity index (χ3n) is 2.75. The Kier molecular flexibility index (Phi) is 3.67. The molecule has 1 amide bonds. The van der Waals surface area contributed by atoms with E-state index < -0.39 is 11.9 Å². The first kappa shape index (κ1) is 13.6. The average molecular weight is 272 g/mol. The van der Waals surface area contributed by atoms with E-state index in [0.29, 0.717) is 5.06 Å². The van der Waals surface area contributed by atoms with Crippen LogP contribution in [0.2, 0.25) is 0 Å². The van der Waals surface area contributed by atoms with Gasteiger partial charge in [-0.3, -0.25) is 10.0 Å².